The Hall–Kier alpha value is -2.10. The molecule has 2 aliphatic rings. The number of hydrazone groups is 1. The molecule has 1 saturated carbocycles. The first-order valence-corrected chi connectivity index (χ1v) is 6.96. The molecule has 2 atom stereocenters. The lowest BCUT2D eigenvalue weighted by Gasteiger charge is -2.31. The first-order valence-electron chi connectivity index (χ1n) is 6.96. The molecule has 0 aliphatic heterocycles. The van der Waals surface area contributed by atoms with Crippen molar-refractivity contribution in [3.05, 3.63) is 42.0 Å². The van der Waals surface area contributed by atoms with Gasteiger partial charge in [0.25, 0.3) is 5.91 Å². The molecule has 20 heavy (non-hydrogen) atoms. The van der Waals surface area contributed by atoms with E-state index in [1.165, 1.54) is 0 Å². The molecule has 0 spiro atoms. The molecular formula is C16H19N3O. The van der Waals surface area contributed by atoms with Crippen LogP contribution < -0.4 is 10.3 Å². The Labute approximate surface area is 119 Å². The number of benzene rings is 1. The second kappa shape index (κ2) is 5.12. The Morgan fingerprint density at radius 1 is 1.30 bits per heavy atom. The molecule has 4 heteroatoms. The number of nitrogens with zero attached hydrogens (tertiary/aromatic N) is 2. The van der Waals surface area contributed by atoms with Gasteiger partial charge in [-0.25, -0.2) is 5.43 Å². The zero-order chi connectivity index (χ0) is 14.1. The van der Waals surface area contributed by atoms with E-state index in [4.69, 9.17) is 0 Å². The zero-order valence-electron chi connectivity index (χ0n) is 11.8. The van der Waals surface area contributed by atoms with Crippen LogP contribution >= 0.6 is 0 Å². The van der Waals surface area contributed by atoms with Crippen LogP contribution in [0, 0.1) is 11.8 Å². The van der Waals surface area contributed by atoms with Crippen LogP contribution in [-0.4, -0.2) is 25.7 Å². The smallest absolute Gasteiger partial charge is 0.271 e. The summed E-state index contributed by atoms with van der Waals surface area (Å²) >= 11 is 0. The fourth-order valence-corrected chi connectivity index (χ4v) is 2.76. The molecule has 3 rings (SSSR count). The highest BCUT2D eigenvalue weighted by atomic mass is 16.2. The van der Waals surface area contributed by atoms with Crippen molar-refractivity contribution in [2.75, 3.05) is 19.0 Å². The number of allylic oxidation sites excluding steroid dienone is 2. The number of anilines is 1. The maximum absolute atomic E-state index is 12.0. The minimum absolute atomic E-state index is 0.141. The van der Waals surface area contributed by atoms with Crippen molar-refractivity contribution in [3.63, 3.8) is 0 Å². The van der Waals surface area contributed by atoms with E-state index < -0.39 is 0 Å². The number of carbonyl (C=O) groups is 1. The molecule has 0 bridgehead atoms. The van der Waals surface area contributed by atoms with Crippen LogP contribution in [0.15, 0.2) is 41.5 Å². The van der Waals surface area contributed by atoms with Gasteiger partial charge in [0.1, 0.15) is 0 Å². The third-order valence-electron chi connectivity index (χ3n) is 4.11. The Morgan fingerprint density at radius 2 is 2.05 bits per heavy atom. The van der Waals surface area contributed by atoms with Crippen LogP contribution in [0.25, 0.3) is 0 Å². The molecule has 0 heterocycles. The van der Waals surface area contributed by atoms with E-state index in [-0.39, 0.29) is 5.91 Å². The van der Waals surface area contributed by atoms with Crippen molar-refractivity contribution < 1.29 is 4.79 Å². The van der Waals surface area contributed by atoms with Gasteiger partial charge in [0, 0.05) is 37.0 Å². The Balaban J connectivity index is 1.61. The topological polar surface area (TPSA) is 44.7 Å². The van der Waals surface area contributed by atoms with Gasteiger partial charge in [-0.15, -0.1) is 0 Å². The highest BCUT2D eigenvalue weighted by molar-refractivity contribution is 5.98. The Morgan fingerprint density at radius 3 is 2.70 bits per heavy atom. The van der Waals surface area contributed by atoms with Crippen LogP contribution in [0.1, 0.15) is 23.2 Å². The maximum Gasteiger partial charge on any atom is 0.271 e. The molecule has 2 unspecified atom stereocenters. The van der Waals surface area contributed by atoms with Gasteiger partial charge in [-0.05, 0) is 43.0 Å². The number of carbonyl (C=O) groups excluding carboxylic acids is 1. The SMILES string of the molecule is CN(C)c1ccc(C(=O)N/N=C2/CC3C=CCC23)cc1. The summed E-state index contributed by atoms with van der Waals surface area (Å²) in [6, 6.07) is 7.52. The van der Waals surface area contributed by atoms with Crippen molar-refractivity contribution in [1.29, 1.82) is 0 Å². The fraction of sp³-hybridized carbons (Fsp3) is 0.375. The number of amides is 1. The molecular weight excluding hydrogens is 250 g/mol. The fourth-order valence-electron chi connectivity index (χ4n) is 2.76. The summed E-state index contributed by atoms with van der Waals surface area (Å²) in [6.45, 7) is 0. The standard InChI is InChI=1S/C16H19N3O/c1-19(2)13-8-6-11(7-9-13)16(20)18-17-15-10-12-4-3-5-14(12)15/h3-4,6-9,12,14H,5,10H2,1-2H3,(H,18,20)/b17-15-. The number of hydrogen-bond acceptors (Lipinski definition) is 3. The molecule has 1 aromatic carbocycles. The van der Waals surface area contributed by atoms with Gasteiger partial charge in [-0.2, -0.15) is 5.10 Å². The summed E-state index contributed by atoms with van der Waals surface area (Å²) in [5, 5.41) is 4.27. The third-order valence-corrected chi connectivity index (χ3v) is 4.11. The lowest BCUT2D eigenvalue weighted by atomic mass is 9.74. The van der Waals surface area contributed by atoms with Gasteiger partial charge < -0.3 is 4.90 Å². The minimum Gasteiger partial charge on any atom is -0.378 e. The van der Waals surface area contributed by atoms with Crippen molar-refractivity contribution in [3.8, 4) is 0 Å². The summed E-state index contributed by atoms with van der Waals surface area (Å²) in [6.07, 6.45) is 6.52. The number of fused-ring (bicyclic) bond motifs is 1. The average molecular weight is 269 g/mol. The molecule has 4 nitrogen and oxygen atoms in total. The molecule has 0 saturated heterocycles. The van der Waals surface area contributed by atoms with Gasteiger partial charge >= 0.3 is 0 Å². The lowest BCUT2D eigenvalue weighted by molar-refractivity contribution is 0.0954. The quantitative estimate of drug-likeness (QED) is 0.676. The van der Waals surface area contributed by atoms with Gasteiger partial charge in [0.15, 0.2) is 0 Å². The highest BCUT2D eigenvalue weighted by Gasteiger charge is 2.37. The maximum atomic E-state index is 12.0. The van der Waals surface area contributed by atoms with Gasteiger partial charge in [-0.3, -0.25) is 4.79 Å². The van der Waals surface area contributed by atoms with Crippen LogP contribution in [0.3, 0.4) is 0 Å². The van der Waals surface area contributed by atoms with Gasteiger partial charge in [0.05, 0.1) is 0 Å². The summed E-state index contributed by atoms with van der Waals surface area (Å²) in [7, 11) is 3.95. The monoisotopic (exact) mass is 269 g/mol. The summed E-state index contributed by atoms with van der Waals surface area (Å²) < 4.78 is 0. The number of hydrogen-bond donors (Lipinski definition) is 1. The van der Waals surface area contributed by atoms with Crippen molar-refractivity contribution in [1.82, 2.24) is 5.43 Å². The predicted octanol–water partition coefficient (Wildman–Crippen LogP) is 2.43. The molecule has 0 radical (unpaired) electrons. The molecule has 104 valence electrons. The van der Waals surface area contributed by atoms with Crippen LogP contribution in [0.2, 0.25) is 0 Å². The Bertz CT molecular complexity index is 572. The predicted molar refractivity (Wildman–Crippen MR) is 81.0 cm³/mol. The second-order valence-electron chi connectivity index (χ2n) is 5.62. The second-order valence-corrected chi connectivity index (χ2v) is 5.62. The first kappa shape index (κ1) is 12.9. The van der Waals surface area contributed by atoms with E-state index in [0.717, 1.165) is 24.2 Å². The molecule has 1 N–H and O–H groups in total. The third kappa shape index (κ3) is 2.33. The van der Waals surface area contributed by atoms with E-state index in [0.29, 0.717) is 17.4 Å². The van der Waals surface area contributed by atoms with Crippen LogP contribution in [-0.2, 0) is 0 Å². The summed E-state index contributed by atoms with van der Waals surface area (Å²) in [5.74, 6) is 1.05. The van der Waals surface area contributed by atoms with Crippen LogP contribution in [0.4, 0.5) is 5.69 Å². The van der Waals surface area contributed by atoms with E-state index >= 15 is 0 Å². The first-order chi connectivity index (χ1) is 9.65. The number of nitrogens with one attached hydrogen (secondary N) is 1. The average Bonchev–Trinajstić information content (AvgIpc) is 2.80. The molecule has 1 fully saturated rings. The normalized spacial score (nSPS) is 25.2. The summed E-state index contributed by atoms with van der Waals surface area (Å²) in [4.78, 5) is 14.0. The number of rotatable bonds is 3. The van der Waals surface area contributed by atoms with E-state index in [1.807, 2.05) is 43.3 Å². The molecule has 1 amide bonds. The largest absolute Gasteiger partial charge is 0.378 e. The van der Waals surface area contributed by atoms with Crippen LogP contribution in [0.5, 0.6) is 0 Å². The van der Waals surface area contributed by atoms with Gasteiger partial charge in [-0.1, -0.05) is 12.2 Å². The van der Waals surface area contributed by atoms with E-state index in [2.05, 4.69) is 22.7 Å². The lowest BCUT2D eigenvalue weighted by Crippen LogP contribution is -2.35. The molecule has 1 aromatic rings. The molecule has 2 aliphatic carbocycles. The minimum atomic E-state index is -0.141. The zero-order valence-corrected chi connectivity index (χ0v) is 11.8. The van der Waals surface area contributed by atoms with Crippen molar-refractivity contribution in [2.24, 2.45) is 16.9 Å². The van der Waals surface area contributed by atoms with E-state index in [1.54, 1.807) is 0 Å². The molecule has 0 aromatic heterocycles. The Kier molecular flexibility index (Phi) is 3.30. The van der Waals surface area contributed by atoms with Crippen molar-refractivity contribution >= 4 is 17.3 Å². The van der Waals surface area contributed by atoms with E-state index in [9.17, 15) is 4.79 Å². The van der Waals surface area contributed by atoms with Crippen molar-refractivity contribution in [2.45, 2.75) is 12.8 Å². The highest BCUT2D eigenvalue weighted by Crippen LogP contribution is 2.40. The van der Waals surface area contributed by atoms with Gasteiger partial charge in [0.2, 0.25) is 0 Å². The summed E-state index contributed by atoms with van der Waals surface area (Å²) in [5.41, 5.74) is 5.51.